The van der Waals surface area contributed by atoms with Crippen molar-refractivity contribution in [2.75, 3.05) is 30.8 Å². The van der Waals surface area contributed by atoms with Crippen molar-refractivity contribution in [3.63, 3.8) is 0 Å². The predicted molar refractivity (Wildman–Crippen MR) is 128 cm³/mol. The lowest BCUT2D eigenvalue weighted by molar-refractivity contribution is -0.114. The summed E-state index contributed by atoms with van der Waals surface area (Å²) in [5.74, 6) is -1.47. The zero-order chi connectivity index (χ0) is 24.7. The topological polar surface area (TPSA) is 106 Å². The zero-order valence-electron chi connectivity index (χ0n) is 18.9. The van der Waals surface area contributed by atoms with Gasteiger partial charge in [-0.15, -0.1) is 11.3 Å². The first kappa shape index (κ1) is 24.7. The molecule has 1 aromatic heterocycles. The average molecular weight is 486 g/mol. The van der Waals surface area contributed by atoms with Gasteiger partial charge in [0.05, 0.1) is 23.6 Å². The predicted octanol–water partition coefficient (Wildman–Crippen LogP) is 4.57. The summed E-state index contributed by atoms with van der Waals surface area (Å²) in [7, 11) is 1.47. The molecule has 0 spiro atoms. The van der Waals surface area contributed by atoms with Crippen LogP contribution in [0.2, 0.25) is 0 Å². The third-order valence-electron chi connectivity index (χ3n) is 4.68. The molecule has 2 amide bonds. The van der Waals surface area contributed by atoms with E-state index >= 15 is 0 Å². The van der Waals surface area contributed by atoms with Crippen LogP contribution in [0.1, 0.15) is 32.5 Å². The molecule has 0 unspecified atom stereocenters. The van der Waals surface area contributed by atoms with Gasteiger partial charge in [-0.1, -0.05) is 24.3 Å². The molecule has 10 heteroatoms. The fourth-order valence-corrected chi connectivity index (χ4v) is 4.25. The number of ether oxygens (including phenoxy) is 2. The fourth-order valence-electron chi connectivity index (χ4n) is 3.10. The van der Waals surface area contributed by atoms with Gasteiger partial charge in [0.15, 0.2) is 5.75 Å². The van der Waals surface area contributed by atoms with E-state index < -0.39 is 17.7 Å². The minimum absolute atomic E-state index is 0.0144. The SMILES string of the molecule is CCOC(=O)c1c(NC(=O)CNc2c(F)cccc2Oc2ccccc2)sc(C(=O)NC)c1C. The summed E-state index contributed by atoms with van der Waals surface area (Å²) in [4.78, 5) is 37.6. The Hall–Kier alpha value is -3.92. The second-order valence-electron chi connectivity index (χ2n) is 6.99. The summed E-state index contributed by atoms with van der Waals surface area (Å²) < 4.78 is 25.3. The van der Waals surface area contributed by atoms with Crippen LogP contribution in [-0.2, 0) is 9.53 Å². The Kier molecular flexibility index (Phi) is 8.20. The number of halogens is 1. The van der Waals surface area contributed by atoms with Crippen LogP contribution < -0.4 is 20.7 Å². The molecule has 0 aliphatic carbocycles. The Morgan fingerprint density at radius 1 is 1.06 bits per heavy atom. The molecule has 1 heterocycles. The number of benzene rings is 2. The first-order chi connectivity index (χ1) is 16.3. The van der Waals surface area contributed by atoms with Gasteiger partial charge in [0.25, 0.3) is 5.91 Å². The van der Waals surface area contributed by atoms with Crippen molar-refractivity contribution in [3.8, 4) is 11.5 Å². The van der Waals surface area contributed by atoms with Crippen molar-refractivity contribution in [2.45, 2.75) is 13.8 Å². The van der Waals surface area contributed by atoms with E-state index in [2.05, 4.69) is 16.0 Å². The minimum Gasteiger partial charge on any atom is -0.462 e. The van der Waals surface area contributed by atoms with E-state index in [0.29, 0.717) is 11.3 Å². The molecule has 3 aromatic rings. The first-order valence-electron chi connectivity index (χ1n) is 10.4. The summed E-state index contributed by atoms with van der Waals surface area (Å²) in [6.45, 7) is 3.08. The molecule has 0 saturated heterocycles. The van der Waals surface area contributed by atoms with Crippen LogP contribution in [0, 0.1) is 12.7 Å². The lowest BCUT2D eigenvalue weighted by Gasteiger charge is -2.14. The lowest BCUT2D eigenvalue weighted by Crippen LogP contribution is -2.23. The van der Waals surface area contributed by atoms with E-state index in [9.17, 15) is 18.8 Å². The van der Waals surface area contributed by atoms with Gasteiger partial charge in [0.2, 0.25) is 5.91 Å². The van der Waals surface area contributed by atoms with Gasteiger partial charge in [0, 0.05) is 7.05 Å². The summed E-state index contributed by atoms with van der Waals surface area (Å²) in [6.07, 6.45) is 0. The maximum Gasteiger partial charge on any atom is 0.341 e. The van der Waals surface area contributed by atoms with Crippen molar-refractivity contribution in [1.82, 2.24) is 5.32 Å². The van der Waals surface area contributed by atoms with Crippen molar-refractivity contribution in [2.24, 2.45) is 0 Å². The Balaban J connectivity index is 1.78. The Morgan fingerprint density at radius 3 is 2.47 bits per heavy atom. The van der Waals surface area contributed by atoms with Gasteiger partial charge < -0.3 is 25.4 Å². The summed E-state index contributed by atoms with van der Waals surface area (Å²) in [6, 6.07) is 13.2. The molecule has 0 radical (unpaired) electrons. The van der Waals surface area contributed by atoms with Crippen LogP contribution in [0.4, 0.5) is 15.1 Å². The molecule has 8 nitrogen and oxygen atoms in total. The first-order valence-corrected chi connectivity index (χ1v) is 11.2. The molecular formula is C24H24FN3O5S. The molecule has 0 saturated carbocycles. The molecule has 0 fully saturated rings. The molecule has 3 N–H and O–H groups in total. The molecule has 0 aliphatic rings. The van der Waals surface area contributed by atoms with Gasteiger partial charge in [-0.2, -0.15) is 0 Å². The van der Waals surface area contributed by atoms with Gasteiger partial charge >= 0.3 is 5.97 Å². The molecule has 0 aliphatic heterocycles. The number of hydrogen-bond donors (Lipinski definition) is 3. The number of thiophene rings is 1. The fraction of sp³-hybridized carbons (Fsp3) is 0.208. The Morgan fingerprint density at radius 2 is 1.79 bits per heavy atom. The number of para-hydroxylation sites is 2. The van der Waals surface area contributed by atoms with Crippen molar-refractivity contribution in [1.29, 1.82) is 0 Å². The van der Waals surface area contributed by atoms with Crippen LogP contribution in [0.15, 0.2) is 48.5 Å². The highest BCUT2D eigenvalue weighted by atomic mass is 32.1. The van der Waals surface area contributed by atoms with Crippen LogP contribution in [0.25, 0.3) is 0 Å². The van der Waals surface area contributed by atoms with Crippen LogP contribution in [0.5, 0.6) is 11.5 Å². The standard InChI is InChI=1S/C24H24FN3O5S/c1-4-32-24(31)19-14(2)21(22(30)26-3)34-23(19)28-18(29)13-27-20-16(25)11-8-12-17(20)33-15-9-6-5-7-10-15/h5-12,27H,4,13H2,1-3H3,(H,26,30)(H,28,29). The quantitative estimate of drug-likeness (QED) is 0.383. The van der Waals surface area contributed by atoms with E-state index in [1.54, 1.807) is 44.2 Å². The van der Waals surface area contributed by atoms with E-state index in [0.717, 1.165) is 11.3 Å². The zero-order valence-corrected chi connectivity index (χ0v) is 19.7. The minimum atomic E-state index is -0.651. The summed E-state index contributed by atoms with van der Waals surface area (Å²) in [5, 5.41) is 8.05. The van der Waals surface area contributed by atoms with Crippen molar-refractivity contribution in [3.05, 3.63) is 70.4 Å². The lowest BCUT2D eigenvalue weighted by atomic mass is 10.1. The second kappa shape index (κ2) is 11.3. The van der Waals surface area contributed by atoms with Gasteiger partial charge in [-0.05, 0) is 43.7 Å². The van der Waals surface area contributed by atoms with Crippen molar-refractivity contribution < 1.29 is 28.2 Å². The summed E-state index contributed by atoms with van der Waals surface area (Å²) in [5.41, 5.74) is 0.525. The molecular weight excluding hydrogens is 461 g/mol. The monoisotopic (exact) mass is 485 g/mol. The number of amides is 2. The molecule has 34 heavy (non-hydrogen) atoms. The van der Waals surface area contributed by atoms with Crippen LogP contribution >= 0.6 is 11.3 Å². The third-order valence-corrected chi connectivity index (χ3v) is 5.89. The number of nitrogens with one attached hydrogen (secondary N) is 3. The number of hydrogen-bond acceptors (Lipinski definition) is 7. The number of anilines is 2. The number of esters is 1. The van der Waals surface area contributed by atoms with Crippen LogP contribution in [0.3, 0.4) is 0 Å². The van der Waals surface area contributed by atoms with Gasteiger partial charge in [-0.25, -0.2) is 9.18 Å². The Bertz CT molecular complexity index is 1200. The molecule has 178 valence electrons. The van der Waals surface area contributed by atoms with E-state index in [-0.39, 0.29) is 45.9 Å². The van der Waals surface area contributed by atoms with Crippen molar-refractivity contribution >= 4 is 39.8 Å². The van der Waals surface area contributed by atoms with E-state index in [1.807, 2.05) is 6.07 Å². The van der Waals surface area contributed by atoms with E-state index in [4.69, 9.17) is 9.47 Å². The van der Waals surface area contributed by atoms with Gasteiger partial charge in [0.1, 0.15) is 22.3 Å². The van der Waals surface area contributed by atoms with E-state index in [1.165, 1.54) is 19.2 Å². The smallest absolute Gasteiger partial charge is 0.341 e. The molecule has 2 aromatic carbocycles. The largest absolute Gasteiger partial charge is 0.462 e. The number of carbonyl (C=O) groups excluding carboxylic acids is 3. The second-order valence-corrected chi connectivity index (χ2v) is 8.01. The molecule has 0 bridgehead atoms. The molecule has 3 rings (SSSR count). The highest BCUT2D eigenvalue weighted by Gasteiger charge is 2.26. The maximum absolute atomic E-state index is 14.5. The summed E-state index contributed by atoms with van der Waals surface area (Å²) >= 11 is 0.960. The molecule has 0 atom stereocenters. The third kappa shape index (κ3) is 5.70. The Labute approximate surface area is 200 Å². The van der Waals surface area contributed by atoms with Crippen LogP contribution in [-0.4, -0.2) is 38.0 Å². The normalized spacial score (nSPS) is 10.4. The highest BCUT2D eigenvalue weighted by molar-refractivity contribution is 7.18. The maximum atomic E-state index is 14.5. The van der Waals surface area contributed by atoms with Gasteiger partial charge in [-0.3, -0.25) is 9.59 Å². The average Bonchev–Trinajstić information content (AvgIpc) is 3.14. The number of carbonyl (C=O) groups is 3. The highest BCUT2D eigenvalue weighted by Crippen LogP contribution is 2.34. The number of rotatable bonds is 9.